The minimum Gasteiger partial charge on any atom is -0.318 e. The van der Waals surface area contributed by atoms with Crippen LogP contribution < -0.4 is 5.32 Å². The highest BCUT2D eigenvalue weighted by Crippen LogP contribution is 2.31. The van der Waals surface area contributed by atoms with Crippen molar-refractivity contribution in [3.63, 3.8) is 0 Å². The third-order valence-corrected chi connectivity index (χ3v) is 4.36. The molecule has 0 radical (unpaired) electrons. The summed E-state index contributed by atoms with van der Waals surface area (Å²) in [6.45, 7) is 6.03. The normalized spacial score (nSPS) is 15.6. The Hall–Kier alpha value is -2.11. The van der Waals surface area contributed by atoms with E-state index in [0.29, 0.717) is 11.7 Å². The number of hydrogen-bond acceptors (Lipinski definition) is 3. The summed E-state index contributed by atoms with van der Waals surface area (Å²) < 4.78 is 3.79. The number of nitrogens with zero attached hydrogens (tertiary/aromatic N) is 4. The summed E-state index contributed by atoms with van der Waals surface area (Å²) in [5.41, 5.74) is 2.38. The number of hydrogen-bond donors (Lipinski definition) is 1. The molecule has 3 rings (SSSR count). The predicted molar refractivity (Wildman–Crippen MR) is 85.0 cm³/mol. The molecule has 0 aliphatic heterocycles. The van der Waals surface area contributed by atoms with Gasteiger partial charge in [0.1, 0.15) is 5.69 Å². The number of aromatic nitrogens is 4. The minimum absolute atomic E-state index is 0.139. The minimum atomic E-state index is -0.139. The van der Waals surface area contributed by atoms with E-state index in [-0.39, 0.29) is 11.9 Å². The number of nitrogens with one attached hydrogen (secondary N) is 1. The van der Waals surface area contributed by atoms with Crippen LogP contribution in [-0.2, 0) is 0 Å². The fourth-order valence-electron chi connectivity index (χ4n) is 3.15. The number of amides is 1. The van der Waals surface area contributed by atoms with Crippen LogP contribution >= 0.6 is 0 Å². The van der Waals surface area contributed by atoms with Crippen molar-refractivity contribution in [3.8, 4) is 0 Å². The maximum Gasteiger partial charge on any atom is 0.274 e. The molecule has 1 fully saturated rings. The Morgan fingerprint density at radius 2 is 2.05 bits per heavy atom. The van der Waals surface area contributed by atoms with Gasteiger partial charge >= 0.3 is 0 Å². The zero-order valence-electron chi connectivity index (χ0n) is 13.4. The number of anilines is 1. The van der Waals surface area contributed by atoms with Gasteiger partial charge in [-0.25, -0.2) is 0 Å². The van der Waals surface area contributed by atoms with Crippen LogP contribution in [0.3, 0.4) is 0 Å². The quantitative estimate of drug-likeness (QED) is 0.942. The van der Waals surface area contributed by atoms with Gasteiger partial charge in [0.25, 0.3) is 5.91 Å². The Balaban J connectivity index is 1.78. The number of carbonyl (C=O) groups is 1. The molecule has 0 unspecified atom stereocenters. The molecule has 6 heteroatoms. The van der Waals surface area contributed by atoms with E-state index in [1.54, 1.807) is 23.1 Å². The van der Waals surface area contributed by atoms with Gasteiger partial charge in [0.15, 0.2) is 0 Å². The highest BCUT2D eigenvalue weighted by Gasteiger charge is 2.22. The molecule has 22 heavy (non-hydrogen) atoms. The summed E-state index contributed by atoms with van der Waals surface area (Å²) in [6, 6.07) is 2.37. The smallest absolute Gasteiger partial charge is 0.274 e. The predicted octanol–water partition coefficient (Wildman–Crippen LogP) is 3.34. The molecule has 118 valence electrons. The molecular formula is C16H23N5O. The molecule has 1 saturated carbocycles. The number of carbonyl (C=O) groups excluding carboxylic acids is 1. The summed E-state index contributed by atoms with van der Waals surface area (Å²) in [7, 11) is 0. The SMILES string of the molecule is Cc1c(NC(=O)c2ccnn2C(C)C)cnn1C1CCCC1. The molecule has 0 atom stereocenters. The molecule has 1 N–H and O–H groups in total. The Bertz CT molecular complexity index is 664. The van der Waals surface area contributed by atoms with Gasteiger partial charge in [-0.3, -0.25) is 14.2 Å². The molecular weight excluding hydrogens is 278 g/mol. The van der Waals surface area contributed by atoms with E-state index in [9.17, 15) is 4.79 Å². The van der Waals surface area contributed by atoms with Crippen LogP contribution in [0.25, 0.3) is 0 Å². The lowest BCUT2D eigenvalue weighted by molar-refractivity contribution is 0.101. The van der Waals surface area contributed by atoms with Crippen molar-refractivity contribution in [1.82, 2.24) is 19.6 Å². The summed E-state index contributed by atoms with van der Waals surface area (Å²) in [4.78, 5) is 12.5. The van der Waals surface area contributed by atoms with E-state index in [0.717, 1.165) is 11.4 Å². The fraction of sp³-hybridized carbons (Fsp3) is 0.562. The van der Waals surface area contributed by atoms with E-state index in [4.69, 9.17) is 0 Å². The largest absolute Gasteiger partial charge is 0.318 e. The first-order valence-corrected chi connectivity index (χ1v) is 7.97. The summed E-state index contributed by atoms with van der Waals surface area (Å²) >= 11 is 0. The highest BCUT2D eigenvalue weighted by atomic mass is 16.2. The van der Waals surface area contributed by atoms with Crippen molar-refractivity contribution in [2.75, 3.05) is 5.32 Å². The Morgan fingerprint density at radius 1 is 1.32 bits per heavy atom. The maximum absolute atomic E-state index is 12.5. The van der Waals surface area contributed by atoms with Gasteiger partial charge in [-0.05, 0) is 39.7 Å². The first kappa shape index (κ1) is 14.8. The first-order valence-electron chi connectivity index (χ1n) is 7.97. The maximum atomic E-state index is 12.5. The van der Waals surface area contributed by atoms with Gasteiger partial charge in [-0.15, -0.1) is 0 Å². The fourth-order valence-corrected chi connectivity index (χ4v) is 3.15. The Kier molecular flexibility index (Phi) is 4.00. The average molecular weight is 301 g/mol. The Labute approximate surface area is 130 Å². The van der Waals surface area contributed by atoms with E-state index >= 15 is 0 Å². The molecule has 2 aromatic rings. The summed E-state index contributed by atoms with van der Waals surface area (Å²) in [6.07, 6.45) is 8.29. The zero-order chi connectivity index (χ0) is 15.7. The van der Waals surface area contributed by atoms with Crippen molar-refractivity contribution in [3.05, 3.63) is 29.8 Å². The highest BCUT2D eigenvalue weighted by molar-refractivity contribution is 6.03. The summed E-state index contributed by atoms with van der Waals surface area (Å²) in [5, 5.41) is 11.6. The molecule has 2 aromatic heterocycles. The van der Waals surface area contributed by atoms with E-state index in [1.165, 1.54) is 25.7 Å². The second-order valence-corrected chi connectivity index (χ2v) is 6.24. The van der Waals surface area contributed by atoms with Crippen LogP contribution in [0.1, 0.15) is 67.8 Å². The van der Waals surface area contributed by atoms with E-state index < -0.39 is 0 Å². The third kappa shape index (κ3) is 2.65. The van der Waals surface area contributed by atoms with Crippen molar-refractivity contribution in [2.24, 2.45) is 0 Å². The molecule has 1 aliphatic rings. The van der Waals surface area contributed by atoms with Gasteiger partial charge in [0.2, 0.25) is 0 Å². The van der Waals surface area contributed by atoms with Crippen molar-refractivity contribution in [2.45, 2.75) is 58.5 Å². The third-order valence-electron chi connectivity index (χ3n) is 4.36. The average Bonchev–Trinajstić information content (AvgIpc) is 3.19. The van der Waals surface area contributed by atoms with E-state index in [2.05, 4.69) is 20.2 Å². The molecule has 2 heterocycles. The van der Waals surface area contributed by atoms with Crippen molar-refractivity contribution >= 4 is 11.6 Å². The van der Waals surface area contributed by atoms with Crippen molar-refractivity contribution in [1.29, 1.82) is 0 Å². The van der Waals surface area contributed by atoms with Gasteiger partial charge in [0, 0.05) is 12.2 Å². The molecule has 6 nitrogen and oxygen atoms in total. The van der Waals surface area contributed by atoms with Crippen molar-refractivity contribution < 1.29 is 4.79 Å². The molecule has 1 aliphatic carbocycles. The lowest BCUT2D eigenvalue weighted by Gasteiger charge is -2.13. The van der Waals surface area contributed by atoms with Crippen LogP contribution in [0.2, 0.25) is 0 Å². The monoisotopic (exact) mass is 301 g/mol. The van der Waals surface area contributed by atoms with Crippen LogP contribution in [0.15, 0.2) is 18.5 Å². The second kappa shape index (κ2) is 5.94. The molecule has 0 spiro atoms. The standard InChI is InChI=1S/C16H23N5O/c1-11(2)20-15(8-9-17-20)16(22)19-14-10-18-21(12(14)3)13-6-4-5-7-13/h8-11,13H,4-7H2,1-3H3,(H,19,22). The van der Waals surface area contributed by atoms with Gasteiger partial charge < -0.3 is 5.32 Å². The lowest BCUT2D eigenvalue weighted by Crippen LogP contribution is -2.19. The van der Waals surface area contributed by atoms with Gasteiger partial charge in [-0.1, -0.05) is 12.8 Å². The zero-order valence-corrected chi connectivity index (χ0v) is 13.4. The number of rotatable bonds is 4. The van der Waals surface area contributed by atoms with Crippen LogP contribution in [0.5, 0.6) is 0 Å². The van der Waals surface area contributed by atoms with Crippen LogP contribution in [-0.4, -0.2) is 25.5 Å². The second-order valence-electron chi connectivity index (χ2n) is 6.24. The van der Waals surface area contributed by atoms with E-state index in [1.807, 2.05) is 20.8 Å². The van der Waals surface area contributed by atoms with Gasteiger partial charge in [-0.2, -0.15) is 10.2 Å². The topological polar surface area (TPSA) is 64.7 Å². The molecule has 0 aromatic carbocycles. The molecule has 0 saturated heterocycles. The lowest BCUT2D eigenvalue weighted by atomic mass is 10.2. The molecule has 1 amide bonds. The van der Waals surface area contributed by atoms with Gasteiger partial charge in [0.05, 0.1) is 23.6 Å². The first-order chi connectivity index (χ1) is 10.6. The van der Waals surface area contributed by atoms with Crippen LogP contribution in [0.4, 0.5) is 5.69 Å². The summed E-state index contributed by atoms with van der Waals surface area (Å²) in [5.74, 6) is -0.139. The molecule has 0 bridgehead atoms. The Morgan fingerprint density at radius 3 is 2.73 bits per heavy atom. The van der Waals surface area contributed by atoms with Crippen LogP contribution in [0, 0.1) is 6.92 Å².